The normalized spacial score (nSPS) is 11.4. The zero-order valence-corrected chi connectivity index (χ0v) is 11.3. The van der Waals surface area contributed by atoms with Gasteiger partial charge in [0.05, 0.1) is 10.7 Å². The van der Waals surface area contributed by atoms with Gasteiger partial charge < -0.3 is 0 Å². The first-order valence-electron chi connectivity index (χ1n) is 5.22. The molecule has 0 spiro atoms. The van der Waals surface area contributed by atoms with Crippen LogP contribution in [0.15, 0.2) is 41.3 Å². The number of hydrogen-bond acceptors (Lipinski definition) is 2. The maximum absolute atomic E-state index is 13.0. The molecule has 0 aliphatic heterocycles. The Balaban J connectivity index is 2.40. The molecule has 8 heteroatoms. The Hall–Kier alpha value is -1.73. The SMILES string of the molecule is O=S(=O)(Nc1cc(F)cc(F)c1)c1ccc(F)cc1Cl. The van der Waals surface area contributed by atoms with Crippen LogP contribution in [0.1, 0.15) is 0 Å². The van der Waals surface area contributed by atoms with E-state index in [-0.39, 0.29) is 10.7 Å². The first-order chi connectivity index (χ1) is 9.28. The topological polar surface area (TPSA) is 46.2 Å². The van der Waals surface area contributed by atoms with Crippen molar-refractivity contribution in [3.63, 3.8) is 0 Å². The van der Waals surface area contributed by atoms with Gasteiger partial charge in [0.15, 0.2) is 0 Å². The Morgan fingerprint density at radius 2 is 1.50 bits per heavy atom. The molecule has 0 aromatic heterocycles. The second-order valence-electron chi connectivity index (χ2n) is 3.84. The molecular weight excluding hydrogens is 315 g/mol. The van der Waals surface area contributed by atoms with Crippen molar-refractivity contribution in [2.75, 3.05) is 4.72 Å². The van der Waals surface area contributed by atoms with Gasteiger partial charge in [-0.2, -0.15) is 0 Å². The summed E-state index contributed by atoms with van der Waals surface area (Å²) >= 11 is 5.64. The first kappa shape index (κ1) is 14.7. The molecule has 0 atom stereocenters. The lowest BCUT2D eigenvalue weighted by Crippen LogP contribution is -2.14. The summed E-state index contributed by atoms with van der Waals surface area (Å²) in [6.45, 7) is 0. The van der Waals surface area contributed by atoms with E-state index in [1.165, 1.54) is 0 Å². The molecular formula is C12H7ClF3NO2S. The van der Waals surface area contributed by atoms with Gasteiger partial charge in [0.2, 0.25) is 0 Å². The van der Waals surface area contributed by atoms with Gasteiger partial charge in [-0.25, -0.2) is 21.6 Å². The highest BCUT2D eigenvalue weighted by molar-refractivity contribution is 7.92. The maximum atomic E-state index is 13.0. The fraction of sp³-hybridized carbons (Fsp3) is 0. The lowest BCUT2D eigenvalue weighted by Gasteiger charge is -2.09. The molecule has 0 amide bonds. The molecule has 3 nitrogen and oxygen atoms in total. The van der Waals surface area contributed by atoms with Crippen molar-refractivity contribution >= 4 is 27.3 Å². The molecule has 106 valence electrons. The average Bonchev–Trinajstić information content (AvgIpc) is 2.25. The molecule has 0 aliphatic rings. The summed E-state index contributed by atoms with van der Waals surface area (Å²) in [4.78, 5) is -0.398. The zero-order chi connectivity index (χ0) is 14.9. The van der Waals surface area contributed by atoms with Gasteiger partial charge in [0, 0.05) is 6.07 Å². The number of anilines is 1. The molecule has 0 bridgehead atoms. The number of rotatable bonds is 3. The molecule has 2 aromatic carbocycles. The van der Waals surface area contributed by atoms with E-state index in [2.05, 4.69) is 0 Å². The minimum absolute atomic E-state index is 0.303. The Labute approximate surface area is 118 Å². The molecule has 0 saturated heterocycles. The van der Waals surface area contributed by atoms with Crippen LogP contribution in [0.2, 0.25) is 5.02 Å². The van der Waals surface area contributed by atoms with Gasteiger partial charge >= 0.3 is 0 Å². The van der Waals surface area contributed by atoms with Gasteiger partial charge in [-0.1, -0.05) is 11.6 Å². The highest BCUT2D eigenvalue weighted by atomic mass is 35.5. The monoisotopic (exact) mass is 321 g/mol. The standard InChI is InChI=1S/C12H7ClF3NO2S/c13-11-6-7(14)1-2-12(11)20(18,19)17-10-4-8(15)3-9(16)5-10/h1-6,17H. The van der Waals surface area contributed by atoms with E-state index in [1.807, 2.05) is 4.72 Å². The van der Waals surface area contributed by atoms with Gasteiger partial charge in [-0.05, 0) is 30.3 Å². The smallest absolute Gasteiger partial charge is 0.263 e. The van der Waals surface area contributed by atoms with Crippen molar-refractivity contribution in [2.24, 2.45) is 0 Å². The predicted octanol–water partition coefficient (Wildman–Crippen LogP) is 3.56. The molecule has 0 heterocycles. The van der Waals surface area contributed by atoms with Crippen LogP contribution in [0.3, 0.4) is 0 Å². The van der Waals surface area contributed by atoms with Gasteiger partial charge in [0.1, 0.15) is 22.3 Å². The fourth-order valence-corrected chi connectivity index (χ4v) is 3.09. The van der Waals surface area contributed by atoms with Gasteiger partial charge in [-0.15, -0.1) is 0 Å². The van der Waals surface area contributed by atoms with E-state index in [0.29, 0.717) is 6.07 Å². The summed E-state index contributed by atoms with van der Waals surface area (Å²) in [5, 5.41) is -0.339. The van der Waals surface area contributed by atoms with Crippen LogP contribution in [0.5, 0.6) is 0 Å². The maximum Gasteiger partial charge on any atom is 0.263 e. The molecule has 0 radical (unpaired) electrons. The van der Waals surface area contributed by atoms with Crippen molar-refractivity contribution in [2.45, 2.75) is 4.90 Å². The first-order valence-corrected chi connectivity index (χ1v) is 7.08. The van der Waals surface area contributed by atoms with Crippen LogP contribution >= 0.6 is 11.6 Å². The molecule has 0 aliphatic carbocycles. The largest absolute Gasteiger partial charge is 0.279 e. The van der Waals surface area contributed by atoms with E-state index in [0.717, 1.165) is 30.3 Å². The van der Waals surface area contributed by atoms with Crippen LogP contribution in [-0.2, 0) is 10.0 Å². The van der Waals surface area contributed by atoms with E-state index in [4.69, 9.17) is 11.6 Å². The minimum atomic E-state index is -4.18. The van der Waals surface area contributed by atoms with Crippen LogP contribution in [0.4, 0.5) is 18.9 Å². The van der Waals surface area contributed by atoms with Crippen LogP contribution in [-0.4, -0.2) is 8.42 Å². The summed E-state index contributed by atoms with van der Waals surface area (Å²) < 4.78 is 64.8. The highest BCUT2D eigenvalue weighted by Crippen LogP contribution is 2.25. The van der Waals surface area contributed by atoms with Crippen molar-refractivity contribution in [3.05, 3.63) is 58.9 Å². The van der Waals surface area contributed by atoms with E-state index in [1.54, 1.807) is 0 Å². The van der Waals surface area contributed by atoms with Crippen molar-refractivity contribution < 1.29 is 21.6 Å². The molecule has 2 rings (SSSR count). The average molecular weight is 322 g/mol. The van der Waals surface area contributed by atoms with Crippen LogP contribution in [0.25, 0.3) is 0 Å². The van der Waals surface area contributed by atoms with Crippen LogP contribution in [0, 0.1) is 17.5 Å². The van der Waals surface area contributed by atoms with Crippen molar-refractivity contribution in [1.29, 1.82) is 0 Å². The summed E-state index contributed by atoms with van der Waals surface area (Å²) in [5.74, 6) is -2.58. The Bertz CT molecular complexity index is 745. The second kappa shape index (κ2) is 5.34. The molecule has 2 aromatic rings. The van der Waals surface area contributed by atoms with Crippen molar-refractivity contribution in [3.8, 4) is 0 Å². The third-order valence-electron chi connectivity index (χ3n) is 2.30. The van der Waals surface area contributed by atoms with Gasteiger partial charge in [-0.3, -0.25) is 4.72 Å². The molecule has 0 saturated carbocycles. The Kier molecular flexibility index (Phi) is 3.92. The second-order valence-corrected chi connectivity index (χ2v) is 5.90. The summed E-state index contributed by atoms with van der Waals surface area (Å²) in [6.07, 6.45) is 0. The Morgan fingerprint density at radius 3 is 2.05 bits per heavy atom. The van der Waals surface area contributed by atoms with E-state index in [9.17, 15) is 21.6 Å². The van der Waals surface area contributed by atoms with Gasteiger partial charge in [0.25, 0.3) is 10.0 Å². The molecule has 20 heavy (non-hydrogen) atoms. The summed E-state index contributed by atoms with van der Waals surface area (Å²) in [5.41, 5.74) is -0.303. The zero-order valence-electron chi connectivity index (χ0n) is 9.70. The summed E-state index contributed by atoms with van der Waals surface area (Å²) in [7, 11) is -4.18. The third-order valence-corrected chi connectivity index (χ3v) is 4.16. The fourth-order valence-electron chi connectivity index (χ4n) is 1.52. The van der Waals surface area contributed by atoms with E-state index >= 15 is 0 Å². The van der Waals surface area contributed by atoms with Crippen LogP contribution < -0.4 is 4.72 Å². The highest BCUT2D eigenvalue weighted by Gasteiger charge is 2.19. The number of nitrogens with one attached hydrogen (secondary N) is 1. The predicted molar refractivity (Wildman–Crippen MR) is 68.6 cm³/mol. The summed E-state index contributed by atoms with van der Waals surface area (Å²) in [6, 6.07) is 4.89. The number of benzene rings is 2. The number of halogens is 4. The van der Waals surface area contributed by atoms with Crippen molar-refractivity contribution in [1.82, 2.24) is 0 Å². The number of hydrogen-bond donors (Lipinski definition) is 1. The number of sulfonamides is 1. The lowest BCUT2D eigenvalue weighted by molar-refractivity contribution is 0.584. The third kappa shape index (κ3) is 3.23. The van der Waals surface area contributed by atoms with E-state index < -0.39 is 32.4 Å². The molecule has 0 unspecified atom stereocenters. The molecule has 1 N–H and O–H groups in total. The molecule has 0 fully saturated rings. The Morgan fingerprint density at radius 1 is 0.900 bits per heavy atom. The quantitative estimate of drug-likeness (QED) is 0.939. The minimum Gasteiger partial charge on any atom is -0.279 e. The lowest BCUT2D eigenvalue weighted by atomic mass is 10.3.